The van der Waals surface area contributed by atoms with E-state index >= 15 is 0 Å². The maximum absolute atomic E-state index is 12.6. The number of carbonyl (C=O) groups is 4. The maximum atomic E-state index is 12.6. The molecule has 0 saturated heterocycles. The number of carboxylic acid groups (broad SMARTS) is 1. The van der Waals surface area contributed by atoms with Crippen molar-refractivity contribution in [2.24, 2.45) is 10.2 Å². The van der Waals surface area contributed by atoms with Gasteiger partial charge in [0.1, 0.15) is 0 Å². The first kappa shape index (κ1) is 48.0. The third-order valence-electron chi connectivity index (χ3n) is 6.00. The van der Waals surface area contributed by atoms with Crippen molar-refractivity contribution >= 4 is 23.8 Å². The summed E-state index contributed by atoms with van der Waals surface area (Å²) in [6.07, 6.45) is -0.862. The Labute approximate surface area is 302 Å². The number of carbonyl (C=O) groups excluding carboxylic acids is 3. The number of azide groups is 2. The van der Waals surface area contributed by atoms with Crippen LogP contribution in [0.4, 0.5) is 4.79 Å². The molecule has 0 aromatic rings. The molecule has 0 spiro atoms. The molecular formula is C29H54N10O13. The molecule has 0 aliphatic heterocycles. The molecule has 0 rings (SSSR count). The first-order chi connectivity index (χ1) is 25.4. The van der Waals surface area contributed by atoms with Crippen LogP contribution in [0.5, 0.6) is 0 Å². The molecular weight excluding hydrogens is 696 g/mol. The van der Waals surface area contributed by atoms with Gasteiger partial charge in [0.2, 0.25) is 17.7 Å². The minimum Gasteiger partial charge on any atom is -0.465 e. The highest BCUT2D eigenvalue weighted by atomic mass is 16.6. The lowest BCUT2D eigenvalue weighted by molar-refractivity contribution is -0.126. The zero-order chi connectivity index (χ0) is 38.2. The van der Waals surface area contributed by atoms with Crippen LogP contribution in [0.2, 0.25) is 0 Å². The molecule has 0 atom stereocenters. The van der Waals surface area contributed by atoms with Gasteiger partial charge in [0.25, 0.3) is 0 Å². The van der Waals surface area contributed by atoms with Gasteiger partial charge in [-0.1, -0.05) is 10.2 Å². The average molecular weight is 751 g/mol. The van der Waals surface area contributed by atoms with E-state index in [1.165, 1.54) is 0 Å². The molecule has 0 aromatic carbocycles. The Morgan fingerprint density at radius 2 is 0.865 bits per heavy atom. The monoisotopic (exact) mass is 750 g/mol. The number of ether oxygens (including phenoxy) is 8. The van der Waals surface area contributed by atoms with Crippen LogP contribution >= 0.6 is 0 Å². The van der Waals surface area contributed by atoms with Gasteiger partial charge in [0, 0.05) is 61.8 Å². The molecule has 0 aromatic heterocycles. The van der Waals surface area contributed by atoms with Crippen LogP contribution in [0.25, 0.3) is 20.9 Å². The molecule has 52 heavy (non-hydrogen) atoms. The lowest BCUT2D eigenvalue weighted by atomic mass is 10.3. The van der Waals surface area contributed by atoms with Gasteiger partial charge in [-0.3, -0.25) is 14.4 Å². The quantitative estimate of drug-likeness (QED) is 0.0239. The van der Waals surface area contributed by atoms with Crippen LogP contribution in [0.15, 0.2) is 10.2 Å². The highest BCUT2D eigenvalue weighted by molar-refractivity contribution is 5.77. The van der Waals surface area contributed by atoms with Crippen molar-refractivity contribution in [2.75, 3.05) is 138 Å². The summed E-state index contributed by atoms with van der Waals surface area (Å²) < 4.78 is 43.1. The lowest BCUT2D eigenvalue weighted by Crippen LogP contribution is -2.42. The second-order valence-corrected chi connectivity index (χ2v) is 10.2. The third kappa shape index (κ3) is 37.2. The first-order valence-electron chi connectivity index (χ1n) is 16.8. The molecule has 298 valence electrons. The van der Waals surface area contributed by atoms with Gasteiger partial charge in [0.05, 0.1) is 112 Å². The number of hydrogen-bond acceptors (Lipinski definition) is 14. The highest BCUT2D eigenvalue weighted by Gasteiger charge is 2.14. The molecule has 0 radical (unpaired) electrons. The second kappa shape index (κ2) is 38.2. The van der Waals surface area contributed by atoms with Crippen molar-refractivity contribution < 1.29 is 62.2 Å². The molecule has 0 bridgehead atoms. The largest absolute Gasteiger partial charge is 0.465 e. The van der Waals surface area contributed by atoms with Gasteiger partial charge < -0.3 is 64.3 Å². The normalized spacial score (nSPS) is 11.2. The van der Waals surface area contributed by atoms with Crippen molar-refractivity contribution in [2.45, 2.75) is 25.3 Å². The van der Waals surface area contributed by atoms with Gasteiger partial charge in [-0.25, -0.2) is 4.79 Å². The summed E-state index contributed by atoms with van der Waals surface area (Å²) in [7, 11) is 0. The molecule has 0 heterocycles. The van der Waals surface area contributed by atoms with Crippen LogP contribution in [0.1, 0.15) is 19.3 Å². The van der Waals surface area contributed by atoms with Crippen molar-refractivity contribution in [3.05, 3.63) is 20.9 Å². The third-order valence-corrected chi connectivity index (χ3v) is 6.00. The minimum atomic E-state index is -1.10. The van der Waals surface area contributed by atoms with Gasteiger partial charge in [-0.05, 0) is 11.1 Å². The Bertz CT molecular complexity index is 984. The molecule has 0 saturated carbocycles. The molecule has 5 N–H and O–H groups in total. The summed E-state index contributed by atoms with van der Waals surface area (Å²) in [5, 5.41) is 25.5. The number of nitrogens with zero attached hydrogens (tertiary/aromatic N) is 6. The molecule has 0 unspecified atom stereocenters. The fraction of sp³-hybridized carbons (Fsp3) is 0.862. The number of nitrogens with one attached hydrogen (secondary N) is 4. The lowest BCUT2D eigenvalue weighted by Gasteiger charge is -2.19. The molecule has 23 heteroatoms. The predicted octanol–water partition coefficient (Wildman–Crippen LogP) is -0.105. The summed E-state index contributed by atoms with van der Waals surface area (Å²) in [4.78, 5) is 52.2. The van der Waals surface area contributed by atoms with Crippen LogP contribution in [-0.4, -0.2) is 173 Å². The summed E-state index contributed by atoms with van der Waals surface area (Å²) in [6.45, 7) is 4.94. The van der Waals surface area contributed by atoms with E-state index in [-0.39, 0.29) is 142 Å². The Morgan fingerprint density at radius 1 is 0.500 bits per heavy atom. The molecule has 0 aliphatic rings. The molecule has 0 aliphatic carbocycles. The second-order valence-electron chi connectivity index (χ2n) is 10.2. The van der Waals surface area contributed by atoms with Crippen molar-refractivity contribution in [1.82, 2.24) is 21.3 Å². The van der Waals surface area contributed by atoms with Crippen molar-refractivity contribution in [1.29, 1.82) is 0 Å². The number of rotatable bonds is 38. The van der Waals surface area contributed by atoms with Crippen molar-refractivity contribution in [3.8, 4) is 0 Å². The van der Waals surface area contributed by atoms with E-state index in [0.717, 1.165) is 0 Å². The SMILES string of the molecule is [N-]=[N+]=NCCOCCNC(=O)CCOCC(COCCC(=O)NCCOCCN=[N+]=[N-])NC(=O)CCOCCOCCOCCOCCNC(=O)O. The van der Waals surface area contributed by atoms with Crippen LogP contribution in [0, 0.1) is 0 Å². The Kier molecular flexibility index (Phi) is 35.3. The van der Waals surface area contributed by atoms with Crippen LogP contribution in [-0.2, 0) is 52.3 Å². The Morgan fingerprint density at radius 3 is 1.31 bits per heavy atom. The number of amides is 4. The standard InChI is InChI=1S/C29H54N10O13/c30-38-35-7-15-46-12-4-32-26(40)1-10-51-23-25(24-52-11-2-27(41)33-5-13-47-16-8-36-39-31)37-28(42)3-9-45-17-19-49-21-22-50-20-18-48-14-6-34-29(43)44/h25,34H,1-24H2,(H,32,40)(H,33,41)(H,37,42)(H,43,44). The van der Waals surface area contributed by atoms with E-state index in [0.29, 0.717) is 33.0 Å². The fourth-order valence-corrected chi connectivity index (χ4v) is 3.58. The zero-order valence-electron chi connectivity index (χ0n) is 29.6. The molecule has 23 nitrogen and oxygen atoms in total. The van der Waals surface area contributed by atoms with E-state index in [4.69, 9.17) is 54.1 Å². The highest BCUT2D eigenvalue weighted by Crippen LogP contribution is 1.96. The van der Waals surface area contributed by atoms with E-state index in [1.807, 2.05) is 0 Å². The summed E-state index contributed by atoms with van der Waals surface area (Å²) >= 11 is 0. The van der Waals surface area contributed by atoms with Gasteiger partial charge in [-0.15, -0.1) is 0 Å². The first-order valence-corrected chi connectivity index (χ1v) is 16.8. The van der Waals surface area contributed by atoms with Crippen LogP contribution < -0.4 is 21.3 Å². The van der Waals surface area contributed by atoms with E-state index in [1.54, 1.807) is 0 Å². The Balaban J connectivity index is 4.26. The zero-order valence-corrected chi connectivity index (χ0v) is 29.6. The topological polar surface area (TPSA) is 308 Å². The number of hydrogen-bond donors (Lipinski definition) is 5. The van der Waals surface area contributed by atoms with Gasteiger partial charge in [-0.2, -0.15) is 0 Å². The maximum Gasteiger partial charge on any atom is 0.404 e. The molecule has 0 fully saturated rings. The smallest absolute Gasteiger partial charge is 0.404 e. The van der Waals surface area contributed by atoms with Gasteiger partial charge >= 0.3 is 6.09 Å². The summed E-state index contributed by atoms with van der Waals surface area (Å²) in [6, 6.07) is -0.553. The van der Waals surface area contributed by atoms with Crippen LogP contribution in [0.3, 0.4) is 0 Å². The van der Waals surface area contributed by atoms with E-state index in [9.17, 15) is 19.2 Å². The predicted molar refractivity (Wildman–Crippen MR) is 182 cm³/mol. The summed E-state index contributed by atoms with van der Waals surface area (Å²) in [5.74, 6) is -0.792. The van der Waals surface area contributed by atoms with E-state index < -0.39 is 12.1 Å². The molecule has 4 amide bonds. The Hall–Kier alpha value is -4.02. The summed E-state index contributed by atoms with van der Waals surface area (Å²) in [5.41, 5.74) is 16.5. The van der Waals surface area contributed by atoms with Gasteiger partial charge in [0.15, 0.2) is 0 Å². The fourth-order valence-electron chi connectivity index (χ4n) is 3.58. The van der Waals surface area contributed by atoms with Crippen molar-refractivity contribution in [3.63, 3.8) is 0 Å². The minimum absolute atomic E-state index is 0.0613. The average Bonchev–Trinajstić information content (AvgIpc) is 3.12. The van der Waals surface area contributed by atoms with E-state index in [2.05, 4.69) is 41.3 Å².